The summed E-state index contributed by atoms with van der Waals surface area (Å²) in [4.78, 5) is 0. The van der Waals surface area contributed by atoms with Gasteiger partial charge in [0.25, 0.3) is 0 Å². The van der Waals surface area contributed by atoms with Crippen LogP contribution in [-0.2, 0) is 6.42 Å². The molecule has 1 aromatic carbocycles. The van der Waals surface area contributed by atoms with Crippen molar-refractivity contribution in [1.29, 1.82) is 0 Å². The number of ether oxygens (including phenoxy) is 2. The molecule has 1 unspecified atom stereocenters. The van der Waals surface area contributed by atoms with Crippen LogP contribution in [0.1, 0.15) is 49.8 Å². The lowest BCUT2D eigenvalue weighted by molar-refractivity contribution is 0.174. The van der Waals surface area contributed by atoms with Gasteiger partial charge >= 0.3 is 0 Å². The minimum absolute atomic E-state index is 0.367. The Morgan fingerprint density at radius 2 is 2.06 bits per heavy atom. The van der Waals surface area contributed by atoms with Crippen molar-refractivity contribution < 1.29 is 9.47 Å². The van der Waals surface area contributed by atoms with Gasteiger partial charge in [-0.1, -0.05) is 26.2 Å². The quantitative estimate of drug-likeness (QED) is 0.829. The van der Waals surface area contributed by atoms with Gasteiger partial charge in [-0.3, -0.25) is 0 Å². The predicted octanol–water partition coefficient (Wildman–Crippen LogP) is 3.18. The Hall–Kier alpha value is -1.22. The lowest BCUT2D eigenvalue weighted by Crippen LogP contribution is -2.29. The van der Waals surface area contributed by atoms with E-state index in [2.05, 4.69) is 24.4 Å². The molecule has 0 bridgehead atoms. The van der Waals surface area contributed by atoms with Crippen molar-refractivity contribution in [2.45, 2.75) is 45.1 Å². The van der Waals surface area contributed by atoms with Gasteiger partial charge in [0.1, 0.15) is 0 Å². The van der Waals surface area contributed by atoms with Crippen molar-refractivity contribution in [3.05, 3.63) is 23.3 Å². The maximum absolute atomic E-state index is 5.49. The van der Waals surface area contributed by atoms with Crippen LogP contribution < -0.4 is 14.8 Å². The van der Waals surface area contributed by atoms with E-state index in [0.29, 0.717) is 12.8 Å². The van der Waals surface area contributed by atoms with E-state index in [1.165, 1.54) is 36.8 Å². The predicted molar refractivity (Wildman–Crippen MR) is 71.2 cm³/mol. The Bertz CT molecular complexity index is 431. The zero-order chi connectivity index (χ0) is 12.4. The van der Waals surface area contributed by atoms with E-state index in [-0.39, 0.29) is 0 Å². The summed E-state index contributed by atoms with van der Waals surface area (Å²) < 4.78 is 10.9. The highest BCUT2D eigenvalue weighted by atomic mass is 16.7. The molecule has 3 heteroatoms. The summed E-state index contributed by atoms with van der Waals surface area (Å²) >= 11 is 0. The van der Waals surface area contributed by atoms with Gasteiger partial charge in [-0.25, -0.2) is 0 Å². The van der Waals surface area contributed by atoms with E-state index >= 15 is 0 Å². The van der Waals surface area contributed by atoms with Crippen molar-refractivity contribution in [1.82, 2.24) is 5.32 Å². The zero-order valence-corrected chi connectivity index (χ0v) is 11.0. The normalized spacial score (nSPS) is 20.8. The molecule has 2 aliphatic heterocycles. The first kappa shape index (κ1) is 11.8. The summed E-state index contributed by atoms with van der Waals surface area (Å²) in [6.45, 7) is 3.69. The second kappa shape index (κ2) is 5.19. The van der Waals surface area contributed by atoms with Crippen LogP contribution in [0.5, 0.6) is 11.5 Å². The van der Waals surface area contributed by atoms with Crippen LogP contribution in [-0.4, -0.2) is 13.3 Å². The van der Waals surface area contributed by atoms with Crippen molar-refractivity contribution in [2.75, 3.05) is 13.3 Å². The third-order valence-electron chi connectivity index (χ3n) is 3.89. The topological polar surface area (TPSA) is 30.5 Å². The van der Waals surface area contributed by atoms with Crippen LogP contribution in [0.3, 0.4) is 0 Å². The molecule has 18 heavy (non-hydrogen) atoms. The Kier molecular flexibility index (Phi) is 3.41. The average molecular weight is 247 g/mol. The highest BCUT2D eigenvalue weighted by Gasteiger charge is 2.24. The Labute approximate surface area is 108 Å². The maximum atomic E-state index is 5.49. The van der Waals surface area contributed by atoms with E-state index in [1.807, 2.05) is 0 Å². The first-order valence-electron chi connectivity index (χ1n) is 7.04. The van der Waals surface area contributed by atoms with Gasteiger partial charge in [-0.05, 0) is 42.6 Å². The first-order chi connectivity index (χ1) is 8.88. The number of unbranched alkanes of at least 4 members (excludes halogenated alkanes) is 2. The minimum atomic E-state index is 0.367. The summed E-state index contributed by atoms with van der Waals surface area (Å²) in [5.41, 5.74) is 2.85. The van der Waals surface area contributed by atoms with E-state index in [4.69, 9.17) is 9.47 Å². The standard InChI is InChI=1S/C15H21NO2/c1-2-3-4-5-13-12-9-15-14(17-10-18-15)8-11(12)6-7-16-13/h8-9,13,16H,2-7,10H2,1H3. The molecule has 1 N–H and O–H groups in total. The molecule has 2 heterocycles. The fraction of sp³-hybridized carbons (Fsp3) is 0.600. The van der Waals surface area contributed by atoms with Gasteiger partial charge in [0, 0.05) is 6.04 Å². The van der Waals surface area contributed by atoms with E-state index in [1.54, 1.807) is 0 Å². The summed E-state index contributed by atoms with van der Waals surface area (Å²) in [5, 5.41) is 3.63. The lowest BCUT2D eigenvalue weighted by Gasteiger charge is -2.27. The van der Waals surface area contributed by atoms with Gasteiger partial charge in [-0.2, -0.15) is 0 Å². The molecule has 0 saturated carbocycles. The molecular weight excluding hydrogens is 226 g/mol. The van der Waals surface area contributed by atoms with Crippen LogP contribution in [0, 0.1) is 0 Å². The van der Waals surface area contributed by atoms with E-state index in [0.717, 1.165) is 24.5 Å². The van der Waals surface area contributed by atoms with Crippen molar-refractivity contribution in [2.24, 2.45) is 0 Å². The van der Waals surface area contributed by atoms with Crippen molar-refractivity contribution in [3.8, 4) is 11.5 Å². The zero-order valence-electron chi connectivity index (χ0n) is 11.0. The highest BCUT2D eigenvalue weighted by molar-refractivity contribution is 5.50. The smallest absolute Gasteiger partial charge is 0.231 e. The van der Waals surface area contributed by atoms with Crippen molar-refractivity contribution in [3.63, 3.8) is 0 Å². The molecule has 0 spiro atoms. The summed E-state index contributed by atoms with van der Waals surface area (Å²) in [5.74, 6) is 1.83. The molecule has 1 aromatic rings. The third-order valence-corrected chi connectivity index (χ3v) is 3.89. The second-order valence-electron chi connectivity index (χ2n) is 5.16. The van der Waals surface area contributed by atoms with Gasteiger partial charge < -0.3 is 14.8 Å². The van der Waals surface area contributed by atoms with Crippen molar-refractivity contribution >= 4 is 0 Å². The Balaban J connectivity index is 1.81. The Morgan fingerprint density at radius 3 is 2.89 bits per heavy atom. The summed E-state index contributed by atoms with van der Waals surface area (Å²) in [6, 6.07) is 4.85. The number of rotatable bonds is 4. The molecule has 3 rings (SSSR count). The van der Waals surface area contributed by atoms with Crippen LogP contribution in [0.25, 0.3) is 0 Å². The molecule has 0 aliphatic carbocycles. The van der Waals surface area contributed by atoms with Gasteiger partial charge in [0.15, 0.2) is 11.5 Å². The number of benzene rings is 1. The van der Waals surface area contributed by atoms with Crippen LogP contribution in [0.2, 0.25) is 0 Å². The molecule has 0 aromatic heterocycles. The van der Waals surface area contributed by atoms with Gasteiger partial charge in [0.2, 0.25) is 6.79 Å². The van der Waals surface area contributed by atoms with Crippen LogP contribution in [0.15, 0.2) is 12.1 Å². The monoisotopic (exact) mass is 247 g/mol. The number of hydrogen-bond donors (Lipinski definition) is 1. The van der Waals surface area contributed by atoms with Gasteiger partial charge in [-0.15, -0.1) is 0 Å². The second-order valence-corrected chi connectivity index (χ2v) is 5.16. The summed E-state index contributed by atoms with van der Waals surface area (Å²) in [6.07, 6.45) is 6.21. The molecule has 98 valence electrons. The third kappa shape index (κ3) is 2.19. The minimum Gasteiger partial charge on any atom is -0.454 e. The fourth-order valence-electron chi connectivity index (χ4n) is 2.89. The van der Waals surface area contributed by atoms with E-state index < -0.39 is 0 Å². The molecule has 1 atom stereocenters. The molecule has 0 fully saturated rings. The molecule has 0 amide bonds. The molecule has 0 saturated heterocycles. The Morgan fingerprint density at radius 1 is 1.22 bits per heavy atom. The SMILES string of the molecule is CCCCCC1NCCc2cc3c(cc21)OCO3. The first-order valence-corrected chi connectivity index (χ1v) is 7.04. The number of fused-ring (bicyclic) bond motifs is 2. The van der Waals surface area contributed by atoms with Crippen LogP contribution >= 0.6 is 0 Å². The van der Waals surface area contributed by atoms with E-state index in [9.17, 15) is 0 Å². The molecule has 2 aliphatic rings. The fourth-order valence-corrected chi connectivity index (χ4v) is 2.89. The number of nitrogens with one attached hydrogen (secondary N) is 1. The lowest BCUT2D eigenvalue weighted by atomic mass is 9.90. The molecule has 0 radical (unpaired) electrons. The largest absolute Gasteiger partial charge is 0.454 e. The summed E-state index contributed by atoms with van der Waals surface area (Å²) in [7, 11) is 0. The van der Waals surface area contributed by atoms with Gasteiger partial charge in [0.05, 0.1) is 0 Å². The highest BCUT2D eigenvalue weighted by Crippen LogP contribution is 2.39. The average Bonchev–Trinajstić information content (AvgIpc) is 2.84. The molecular formula is C15H21NO2. The number of hydrogen-bond acceptors (Lipinski definition) is 3. The molecule has 3 nitrogen and oxygen atoms in total. The van der Waals surface area contributed by atoms with Crippen LogP contribution in [0.4, 0.5) is 0 Å². The maximum Gasteiger partial charge on any atom is 0.231 e.